The van der Waals surface area contributed by atoms with Gasteiger partial charge in [0.1, 0.15) is 11.4 Å². The average molecular weight is 463 g/mol. The first-order valence-corrected chi connectivity index (χ1v) is 9.48. The molecular weight excluding hydrogens is 454 g/mol. The Bertz CT molecular complexity index is 996. The predicted octanol–water partition coefficient (Wildman–Crippen LogP) is 4.95. The SMILES string of the molecule is O=C(O)CN(c1cc(C(F)(F)F)ccc1Cl)S(=O)(=O)c1cc(Cl)ccc1Cl. The molecule has 0 aliphatic carbocycles. The number of hydrogen-bond donors (Lipinski definition) is 1. The zero-order valence-electron chi connectivity index (χ0n) is 13.0. The number of nitrogens with zero attached hydrogens (tertiary/aromatic N) is 1. The number of benzene rings is 2. The third-order valence-corrected chi connectivity index (χ3v) is 6.08. The van der Waals surface area contributed by atoms with Crippen molar-refractivity contribution in [3.8, 4) is 0 Å². The van der Waals surface area contributed by atoms with E-state index in [1.165, 1.54) is 6.07 Å². The Kier molecular flexibility index (Phi) is 6.20. The van der Waals surface area contributed by atoms with Crippen LogP contribution in [-0.4, -0.2) is 26.0 Å². The summed E-state index contributed by atoms with van der Waals surface area (Å²) in [6.07, 6.45) is -4.80. The first-order chi connectivity index (χ1) is 12.3. The van der Waals surface area contributed by atoms with E-state index in [0.29, 0.717) is 12.1 Å². The second-order valence-corrected chi connectivity index (χ2v) is 8.23. The smallest absolute Gasteiger partial charge is 0.416 e. The van der Waals surface area contributed by atoms with Gasteiger partial charge in [-0.15, -0.1) is 0 Å². The minimum absolute atomic E-state index is 0.0246. The van der Waals surface area contributed by atoms with Crippen molar-refractivity contribution in [2.24, 2.45) is 0 Å². The van der Waals surface area contributed by atoms with E-state index in [1.54, 1.807) is 0 Å². The molecule has 2 aromatic rings. The molecule has 0 atom stereocenters. The van der Waals surface area contributed by atoms with Gasteiger partial charge in [-0.1, -0.05) is 34.8 Å². The first kappa shape index (κ1) is 21.6. The molecule has 1 N–H and O–H groups in total. The normalized spacial score (nSPS) is 12.1. The van der Waals surface area contributed by atoms with Gasteiger partial charge in [-0.2, -0.15) is 13.2 Å². The highest BCUT2D eigenvalue weighted by molar-refractivity contribution is 7.93. The monoisotopic (exact) mass is 461 g/mol. The van der Waals surface area contributed by atoms with Crippen LogP contribution in [0.2, 0.25) is 15.1 Å². The lowest BCUT2D eigenvalue weighted by Gasteiger charge is -2.25. The Balaban J connectivity index is 2.73. The molecule has 0 amide bonds. The second-order valence-electron chi connectivity index (χ2n) is 5.14. The Morgan fingerprint density at radius 3 is 2.19 bits per heavy atom. The lowest BCUT2D eigenvalue weighted by atomic mass is 10.2. The standard InChI is InChI=1S/C15H9Cl3F3NO4S/c16-9-2-4-11(18)13(6-9)27(25,26)22(7-14(23)24)12-5-8(15(19,20)21)1-3-10(12)17/h1-6H,7H2,(H,23,24). The fourth-order valence-corrected chi connectivity index (χ4v) is 4.53. The van der Waals surface area contributed by atoms with Crippen molar-refractivity contribution in [1.82, 2.24) is 0 Å². The van der Waals surface area contributed by atoms with Gasteiger partial charge in [0.25, 0.3) is 10.0 Å². The van der Waals surface area contributed by atoms with Crippen molar-refractivity contribution < 1.29 is 31.5 Å². The fraction of sp³-hybridized carbons (Fsp3) is 0.133. The van der Waals surface area contributed by atoms with Crippen LogP contribution in [0.25, 0.3) is 0 Å². The Hall–Kier alpha value is -1.68. The van der Waals surface area contributed by atoms with E-state index >= 15 is 0 Å². The van der Waals surface area contributed by atoms with Crippen LogP contribution >= 0.6 is 34.8 Å². The lowest BCUT2D eigenvalue weighted by molar-refractivity contribution is -0.137. The van der Waals surface area contributed by atoms with E-state index in [0.717, 1.165) is 18.2 Å². The van der Waals surface area contributed by atoms with Crippen LogP contribution in [0, 0.1) is 0 Å². The number of halogens is 6. The van der Waals surface area contributed by atoms with Crippen molar-refractivity contribution in [2.45, 2.75) is 11.1 Å². The molecule has 0 spiro atoms. The van der Waals surface area contributed by atoms with Gasteiger partial charge >= 0.3 is 12.1 Å². The summed E-state index contributed by atoms with van der Waals surface area (Å²) >= 11 is 17.5. The molecule has 146 valence electrons. The van der Waals surface area contributed by atoms with E-state index in [-0.39, 0.29) is 14.4 Å². The summed E-state index contributed by atoms with van der Waals surface area (Å²) in [7, 11) is -4.70. The highest BCUT2D eigenvalue weighted by Gasteiger charge is 2.35. The topological polar surface area (TPSA) is 74.7 Å². The minimum Gasteiger partial charge on any atom is -0.480 e. The van der Waals surface area contributed by atoms with Gasteiger partial charge in [-0.25, -0.2) is 8.42 Å². The molecular formula is C15H9Cl3F3NO4S. The quantitative estimate of drug-likeness (QED) is 0.683. The lowest BCUT2D eigenvalue weighted by Crippen LogP contribution is -2.36. The molecule has 0 unspecified atom stereocenters. The van der Waals surface area contributed by atoms with Gasteiger partial charge in [0.05, 0.1) is 21.3 Å². The molecule has 0 aliphatic rings. The fourth-order valence-electron chi connectivity index (χ4n) is 2.10. The molecule has 0 saturated carbocycles. The molecule has 0 bridgehead atoms. The zero-order chi connectivity index (χ0) is 20.6. The van der Waals surface area contributed by atoms with Crippen molar-refractivity contribution in [2.75, 3.05) is 10.8 Å². The molecule has 27 heavy (non-hydrogen) atoms. The van der Waals surface area contributed by atoms with Gasteiger partial charge < -0.3 is 5.11 Å². The van der Waals surface area contributed by atoms with E-state index in [9.17, 15) is 26.4 Å². The summed E-state index contributed by atoms with van der Waals surface area (Å²) in [6.45, 7) is -1.19. The minimum atomic E-state index is -4.80. The van der Waals surface area contributed by atoms with Crippen LogP contribution < -0.4 is 4.31 Å². The van der Waals surface area contributed by atoms with Crippen LogP contribution in [0.15, 0.2) is 41.3 Å². The predicted molar refractivity (Wildman–Crippen MR) is 95.1 cm³/mol. The van der Waals surface area contributed by atoms with Crippen molar-refractivity contribution in [1.29, 1.82) is 0 Å². The number of anilines is 1. The Labute approximate surface area is 166 Å². The molecule has 0 aliphatic heterocycles. The van der Waals surface area contributed by atoms with E-state index in [1.807, 2.05) is 0 Å². The van der Waals surface area contributed by atoms with Crippen LogP contribution in [0.1, 0.15) is 5.56 Å². The summed E-state index contributed by atoms with van der Waals surface area (Å²) < 4.78 is 65.1. The van der Waals surface area contributed by atoms with Crippen molar-refractivity contribution in [3.63, 3.8) is 0 Å². The number of carboxylic acids is 1. The number of carboxylic acid groups (broad SMARTS) is 1. The Morgan fingerprint density at radius 2 is 1.63 bits per heavy atom. The second kappa shape index (κ2) is 7.75. The molecule has 2 rings (SSSR count). The largest absolute Gasteiger partial charge is 0.480 e. The molecule has 2 aromatic carbocycles. The zero-order valence-corrected chi connectivity index (χ0v) is 16.1. The van der Waals surface area contributed by atoms with Gasteiger partial charge in [-0.05, 0) is 36.4 Å². The van der Waals surface area contributed by atoms with Crippen LogP contribution in [0.4, 0.5) is 18.9 Å². The summed E-state index contributed by atoms with van der Waals surface area (Å²) in [5, 5.41) is 8.35. The van der Waals surface area contributed by atoms with Gasteiger partial charge in [0.2, 0.25) is 0 Å². The van der Waals surface area contributed by atoms with Crippen LogP contribution in [0.5, 0.6) is 0 Å². The maximum Gasteiger partial charge on any atom is 0.416 e. The van der Waals surface area contributed by atoms with Crippen LogP contribution in [0.3, 0.4) is 0 Å². The van der Waals surface area contributed by atoms with E-state index in [2.05, 4.69) is 0 Å². The number of rotatable bonds is 5. The van der Waals surface area contributed by atoms with Gasteiger partial charge in [-0.3, -0.25) is 9.10 Å². The molecule has 5 nitrogen and oxygen atoms in total. The van der Waals surface area contributed by atoms with Gasteiger partial charge in [0, 0.05) is 5.02 Å². The summed E-state index contributed by atoms with van der Waals surface area (Å²) in [5.41, 5.74) is -1.87. The van der Waals surface area contributed by atoms with Gasteiger partial charge in [0.15, 0.2) is 0 Å². The third-order valence-electron chi connectivity index (χ3n) is 3.28. The maximum absolute atomic E-state index is 13.0. The van der Waals surface area contributed by atoms with Crippen LogP contribution in [-0.2, 0) is 21.0 Å². The molecule has 0 radical (unpaired) electrons. The molecule has 0 heterocycles. The maximum atomic E-state index is 13.0. The molecule has 12 heteroatoms. The number of sulfonamides is 1. The summed E-state index contributed by atoms with van der Waals surface area (Å²) in [6, 6.07) is 5.31. The van der Waals surface area contributed by atoms with E-state index in [4.69, 9.17) is 39.9 Å². The average Bonchev–Trinajstić information content (AvgIpc) is 2.54. The highest BCUT2D eigenvalue weighted by Crippen LogP contribution is 2.38. The van der Waals surface area contributed by atoms with E-state index < -0.39 is 49.9 Å². The first-order valence-electron chi connectivity index (χ1n) is 6.90. The molecule has 0 saturated heterocycles. The third kappa shape index (κ3) is 4.78. The highest BCUT2D eigenvalue weighted by atomic mass is 35.5. The number of aliphatic carboxylic acids is 1. The summed E-state index contributed by atoms with van der Waals surface area (Å²) in [5.74, 6) is -1.62. The van der Waals surface area contributed by atoms with Crippen molar-refractivity contribution >= 4 is 56.5 Å². The van der Waals surface area contributed by atoms with Crippen molar-refractivity contribution in [3.05, 3.63) is 57.0 Å². The molecule has 0 fully saturated rings. The summed E-state index contributed by atoms with van der Waals surface area (Å²) in [4.78, 5) is 10.6. The number of carbonyl (C=O) groups is 1. The number of hydrogen-bond acceptors (Lipinski definition) is 3. The number of alkyl halides is 3. The molecule has 0 aromatic heterocycles. The Morgan fingerprint density at radius 1 is 1.04 bits per heavy atom.